The van der Waals surface area contributed by atoms with Gasteiger partial charge in [-0.25, -0.2) is 9.98 Å². The summed E-state index contributed by atoms with van der Waals surface area (Å²) in [6.07, 6.45) is 4.01. The molecule has 2 N–H and O–H groups in total. The van der Waals surface area contributed by atoms with Crippen LogP contribution in [0.2, 0.25) is 0 Å². The quantitative estimate of drug-likeness (QED) is 0.478. The number of rotatable bonds is 6. The van der Waals surface area contributed by atoms with Crippen molar-refractivity contribution in [3.63, 3.8) is 0 Å². The number of methoxy groups -OCH3 is 1. The summed E-state index contributed by atoms with van der Waals surface area (Å²) in [5.41, 5.74) is 3.00. The summed E-state index contributed by atoms with van der Waals surface area (Å²) in [6, 6.07) is 11.9. The molecule has 0 aliphatic heterocycles. The zero-order valence-electron chi connectivity index (χ0n) is 14.9. The standard InChI is InChI=1S/C19H22BrN5O/c1-3-21-19(22-10-14-4-7-17(26-2)8-5-14)23-11-16-13-25-12-15(20)6-9-18(25)24-16/h4-9,12-13H,3,10-11H2,1-2H3,(H2,21,22,23). The minimum atomic E-state index is 0.595. The molecule has 0 aliphatic rings. The van der Waals surface area contributed by atoms with Gasteiger partial charge in [-0.3, -0.25) is 0 Å². The van der Waals surface area contributed by atoms with Gasteiger partial charge in [-0.1, -0.05) is 12.1 Å². The molecule has 26 heavy (non-hydrogen) atoms. The number of ether oxygens (including phenoxy) is 1. The van der Waals surface area contributed by atoms with Crippen LogP contribution in [0.15, 0.2) is 58.3 Å². The van der Waals surface area contributed by atoms with E-state index in [2.05, 4.69) is 36.5 Å². The maximum absolute atomic E-state index is 5.18. The van der Waals surface area contributed by atoms with Gasteiger partial charge in [-0.05, 0) is 52.7 Å². The van der Waals surface area contributed by atoms with Gasteiger partial charge in [0.2, 0.25) is 0 Å². The van der Waals surface area contributed by atoms with Crippen LogP contribution in [0.4, 0.5) is 0 Å². The Balaban J connectivity index is 1.64. The zero-order chi connectivity index (χ0) is 18.4. The number of pyridine rings is 1. The van der Waals surface area contributed by atoms with Crippen molar-refractivity contribution in [2.75, 3.05) is 13.7 Å². The van der Waals surface area contributed by atoms with Gasteiger partial charge in [-0.15, -0.1) is 0 Å². The molecule has 7 heteroatoms. The molecular weight excluding hydrogens is 394 g/mol. The summed E-state index contributed by atoms with van der Waals surface area (Å²) < 4.78 is 8.21. The van der Waals surface area contributed by atoms with Crippen LogP contribution in [0, 0.1) is 0 Å². The fraction of sp³-hybridized carbons (Fsp3) is 0.263. The summed E-state index contributed by atoms with van der Waals surface area (Å²) in [5.74, 6) is 1.61. The number of hydrogen-bond acceptors (Lipinski definition) is 3. The molecule has 2 aromatic heterocycles. The molecule has 6 nitrogen and oxygen atoms in total. The summed E-state index contributed by atoms with van der Waals surface area (Å²) in [6.45, 7) is 4.05. The number of aliphatic imine (C=N–C) groups is 1. The fourth-order valence-electron chi connectivity index (χ4n) is 2.52. The molecular formula is C19H22BrN5O. The molecule has 0 radical (unpaired) electrons. The van der Waals surface area contributed by atoms with Gasteiger partial charge in [0, 0.05) is 23.4 Å². The van der Waals surface area contributed by atoms with Crippen LogP contribution in [0.1, 0.15) is 18.2 Å². The molecule has 0 saturated carbocycles. The lowest BCUT2D eigenvalue weighted by Gasteiger charge is -2.10. The van der Waals surface area contributed by atoms with Crippen LogP contribution in [0.3, 0.4) is 0 Å². The molecule has 3 aromatic rings. The molecule has 0 unspecified atom stereocenters. The molecule has 3 rings (SSSR count). The summed E-state index contributed by atoms with van der Waals surface area (Å²) >= 11 is 3.47. The lowest BCUT2D eigenvalue weighted by atomic mass is 10.2. The van der Waals surface area contributed by atoms with Gasteiger partial charge >= 0.3 is 0 Å². The first-order valence-electron chi connectivity index (χ1n) is 8.46. The SMILES string of the molecule is CCNC(=NCc1ccc(OC)cc1)NCc1cn2cc(Br)ccc2n1. The van der Waals surface area contributed by atoms with Crippen molar-refractivity contribution in [1.82, 2.24) is 20.0 Å². The van der Waals surface area contributed by atoms with Crippen molar-refractivity contribution in [2.24, 2.45) is 4.99 Å². The van der Waals surface area contributed by atoms with E-state index < -0.39 is 0 Å². The first kappa shape index (κ1) is 18.3. The van der Waals surface area contributed by atoms with Gasteiger partial charge in [-0.2, -0.15) is 0 Å². The van der Waals surface area contributed by atoms with Crippen molar-refractivity contribution in [3.05, 3.63) is 64.5 Å². The lowest BCUT2D eigenvalue weighted by Crippen LogP contribution is -2.36. The maximum atomic E-state index is 5.18. The van der Waals surface area contributed by atoms with Crippen LogP contribution in [0.5, 0.6) is 5.75 Å². The van der Waals surface area contributed by atoms with Gasteiger partial charge in [0.05, 0.1) is 25.9 Å². The highest BCUT2D eigenvalue weighted by Gasteiger charge is 2.04. The number of aromatic nitrogens is 2. The fourth-order valence-corrected chi connectivity index (χ4v) is 2.87. The normalized spacial score (nSPS) is 11.6. The minimum absolute atomic E-state index is 0.595. The van der Waals surface area contributed by atoms with Crippen molar-refractivity contribution >= 4 is 27.5 Å². The lowest BCUT2D eigenvalue weighted by molar-refractivity contribution is 0.414. The van der Waals surface area contributed by atoms with Crippen LogP contribution in [-0.2, 0) is 13.1 Å². The van der Waals surface area contributed by atoms with Crippen molar-refractivity contribution in [1.29, 1.82) is 0 Å². The van der Waals surface area contributed by atoms with E-state index in [1.54, 1.807) is 7.11 Å². The predicted octanol–water partition coefficient (Wildman–Crippen LogP) is 3.36. The predicted molar refractivity (Wildman–Crippen MR) is 108 cm³/mol. The number of nitrogens with one attached hydrogen (secondary N) is 2. The first-order chi connectivity index (χ1) is 12.7. The number of imidazole rings is 1. The number of halogens is 1. The molecule has 0 spiro atoms. The van der Waals surface area contributed by atoms with E-state index >= 15 is 0 Å². The summed E-state index contributed by atoms with van der Waals surface area (Å²) in [7, 11) is 1.67. The summed E-state index contributed by atoms with van der Waals surface area (Å²) in [5, 5.41) is 6.59. The van der Waals surface area contributed by atoms with E-state index in [4.69, 9.17) is 4.74 Å². The van der Waals surface area contributed by atoms with Gasteiger partial charge < -0.3 is 19.8 Å². The number of guanidine groups is 1. The molecule has 2 heterocycles. The average molecular weight is 416 g/mol. The Kier molecular flexibility index (Phi) is 6.12. The van der Waals surface area contributed by atoms with Crippen molar-refractivity contribution in [3.8, 4) is 5.75 Å². The molecule has 0 fully saturated rings. The highest BCUT2D eigenvalue weighted by atomic mass is 79.9. The highest BCUT2D eigenvalue weighted by molar-refractivity contribution is 9.10. The van der Waals surface area contributed by atoms with E-state index in [9.17, 15) is 0 Å². The number of fused-ring (bicyclic) bond motifs is 1. The Labute approximate surface area is 161 Å². The molecule has 136 valence electrons. The van der Waals surface area contributed by atoms with Crippen LogP contribution < -0.4 is 15.4 Å². The molecule has 0 saturated heterocycles. The Morgan fingerprint density at radius 1 is 1.15 bits per heavy atom. The zero-order valence-corrected chi connectivity index (χ0v) is 16.5. The molecule has 1 aromatic carbocycles. The average Bonchev–Trinajstić information content (AvgIpc) is 3.06. The largest absolute Gasteiger partial charge is 0.497 e. The summed E-state index contributed by atoms with van der Waals surface area (Å²) in [4.78, 5) is 9.24. The first-order valence-corrected chi connectivity index (χ1v) is 9.25. The minimum Gasteiger partial charge on any atom is -0.497 e. The van der Waals surface area contributed by atoms with Gasteiger partial charge in [0.25, 0.3) is 0 Å². The number of hydrogen-bond donors (Lipinski definition) is 2. The second kappa shape index (κ2) is 8.71. The molecule has 0 atom stereocenters. The van der Waals surface area contributed by atoms with Crippen LogP contribution >= 0.6 is 15.9 Å². The topological polar surface area (TPSA) is 63.0 Å². The van der Waals surface area contributed by atoms with Gasteiger partial charge in [0.1, 0.15) is 11.4 Å². The Morgan fingerprint density at radius 2 is 1.96 bits per heavy atom. The Hall–Kier alpha value is -2.54. The Morgan fingerprint density at radius 3 is 2.69 bits per heavy atom. The van der Waals surface area contributed by atoms with E-state index in [0.29, 0.717) is 13.1 Å². The third-order valence-electron chi connectivity index (χ3n) is 3.82. The Bertz CT molecular complexity index is 889. The van der Waals surface area contributed by atoms with Gasteiger partial charge in [0.15, 0.2) is 5.96 Å². The van der Waals surface area contributed by atoms with E-state index in [1.807, 2.05) is 60.1 Å². The monoisotopic (exact) mass is 415 g/mol. The third-order valence-corrected chi connectivity index (χ3v) is 4.29. The smallest absolute Gasteiger partial charge is 0.191 e. The van der Waals surface area contributed by atoms with E-state index in [1.165, 1.54) is 0 Å². The molecule has 0 bridgehead atoms. The van der Waals surface area contributed by atoms with Crippen molar-refractivity contribution in [2.45, 2.75) is 20.0 Å². The maximum Gasteiger partial charge on any atom is 0.191 e. The van der Waals surface area contributed by atoms with Crippen LogP contribution in [0.25, 0.3) is 5.65 Å². The second-order valence-corrected chi connectivity index (χ2v) is 6.66. The van der Waals surface area contributed by atoms with Crippen LogP contribution in [-0.4, -0.2) is 29.0 Å². The third kappa shape index (κ3) is 4.76. The number of benzene rings is 1. The molecule has 0 amide bonds. The van der Waals surface area contributed by atoms with Crippen molar-refractivity contribution < 1.29 is 4.74 Å². The number of nitrogens with zero attached hydrogens (tertiary/aromatic N) is 3. The van der Waals surface area contributed by atoms with E-state index in [-0.39, 0.29) is 0 Å². The highest BCUT2D eigenvalue weighted by Crippen LogP contribution is 2.13. The van der Waals surface area contributed by atoms with E-state index in [0.717, 1.165) is 39.6 Å². The molecule has 0 aliphatic carbocycles. The second-order valence-electron chi connectivity index (χ2n) is 5.74.